The fraction of sp³-hybridized carbons (Fsp3) is 0.0455. The number of alkyl halides is 3. The predicted molar refractivity (Wildman–Crippen MR) is 118 cm³/mol. The summed E-state index contributed by atoms with van der Waals surface area (Å²) in [5.41, 5.74) is -0.216. The summed E-state index contributed by atoms with van der Waals surface area (Å²) in [5, 5.41) is 9.13. The molecule has 0 saturated carbocycles. The number of thioether (sulfide) groups is 1. The van der Waals surface area contributed by atoms with Crippen LogP contribution < -0.4 is 4.90 Å². The molecule has 0 aliphatic carbocycles. The van der Waals surface area contributed by atoms with E-state index in [9.17, 15) is 22.8 Å². The van der Waals surface area contributed by atoms with Crippen LogP contribution in [0.2, 0.25) is 0 Å². The first-order valence-corrected chi connectivity index (χ1v) is 10.2. The number of hydrogen-bond donors (Lipinski definition) is 1. The molecule has 0 unspecified atom stereocenters. The average molecular weight is 475 g/mol. The van der Waals surface area contributed by atoms with Gasteiger partial charge >= 0.3 is 12.1 Å². The molecule has 0 bridgehead atoms. The number of amides is 1. The lowest BCUT2D eigenvalue weighted by Crippen LogP contribution is -2.27. The maximum Gasteiger partial charge on any atom is 0.416 e. The number of thiocarbonyl (C=S) groups is 1. The van der Waals surface area contributed by atoms with Gasteiger partial charge in [-0.1, -0.05) is 42.2 Å². The van der Waals surface area contributed by atoms with Crippen molar-refractivity contribution >= 4 is 51.9 Å². The zero-order chi connectivity index (χ0) is 23.0. The van der Waals surface area contributed by atoms with Gasteiger partial charge in [0.1, 0.15) is 11.5 Å². The van der Waals surface area contributed by atoms with Gasteiger partial charge in [-0.3, -0.25) is 9.69 Å². The van der Waals surface area contributed by atoms with E-state index in [0.717, 1.165) is 28.8 Å². The molecule has 10 heteroatoms. The second kappa shape index (κ2) is 8.29. The Morgan fingerprint density at radius 3 is 2.56 bits per heavy atom. The third-order valence-electron chi connectivity index (χ3n) is 4.52. The molecule has 2 heterocycles. The minimum atomic E-state index is -4.55. The number of benzene rings is 2. The molecule has 1 fully saturated rings. The monoisotopic (exact) mass is 475 g/mol. The Bertz CT molecular complexity index is 1280. The summed E-state index contributed by atoms with van der Waals surface area (Å²) in [6.45, 7) is 0. The van der Waals surface area contributed by atoms with Crippen LogP contribution in [0.1, 0.15) is 21.7 Å². The minimum Gasteiger partial charge on any atom is -0.478 e. The molecule has 1 aliphatic heterocycles. The lowest BCUT2D eigenvalue weighted by molar-refractivity contribution is -0.137. The van der Waals surface area contributed by atoms with Crippen LogP contribution in [-0.2, 0) is 11.0 Å². The van der Waals surface area contributed by atoms with Crippen LogP contribution in [0.15, 0.2) is 70.0 Å². The lowest BCUT2D eigenvalue weighted by atomic mass is 10.1. The van der Waals surface area contributed by atoms with Crippen molar-refractivity contribution in [2.45, 2.75) is 6.18 Å². The highest BCUT2D eigenvalue weighted by Gasteiger charge is 2.36. The summed E-state index contributed by atoms with van der Waals surface area (Å²) in [4.78, 5) is 25.2. The van der Waals surface area contributed by atoms with Crippen LogP contribution in [-0.4, -0.2) is 21.3 Å². The Labute approximate surface area is 189 Å². The molecule has 3 aromatic rings. The maximum absolute atomic E-state index is 13.0. The topological polar surface area (TPSA) is 70.8 Å². The van der Waals surface area contributed by atoms with Crippen molar-refractivity contribution in [3.8, 4) is 11.3 Å². The highest BCUT2D eigenvalue weighted by atomic mass is 32.2. The molecular weight excluding hydrogens is 463 g/mol. The normalized spacial score (nSPS) is 15.6. The van der Waals surface area contributed by atoms with Gasteiger partial charge < -0.3 is 9.52 Å². The van der Waals surface area contributed by atoms with Gasteiger partial charge in [0.15, 0.2) is 4.32 Å². The second-order valence-corrected chi connectivity index (χ2v) is 8.33. The van der Waals surface area contributed by atoms with Crippen molar-refractivity contribution in [2.75, 3.05) is 4.90 Å². The van der Waals surface area contributed by atoms with E-state index < -0.39 is 23.6 Å². The van der Waals surface area contributed by atoms with Gasteiger partial charge in [0.25, 0.3) is 5.91 Å². The predicted octanol–water partition coefficient (Wildman–Crippen LogP) is 6.07. The zero-order valence-electron chi connectivity index (χ0n) is 15.9. The van der Waals surface area contributed by atoms with Crippen LogP contribution in [0.5, 0.6) is 0 Å². The third kappa shape index (κ3) is 4.32. The average Bonchev–Trinajstić information content (AvgIpc) is 3.32. The molecule has 1 amide bonds. The van der Waals surface area contributed by atoms with Crippen molar-refractivity contribution in [1.29, 1.82) is 0 Å². The first-order chi connectivity index (χ1) is 15.1. The SMILES string of the molecule is O=C(O)c1cccc(-c2ccc(/C=C3\SC(=S)N(c4cccc(C(F)(F)F)c4)C3=O)o2)c1. The molecular formula is C22H12F3NO4S2. The van der Waals surface area contributed by atoms with E-state index in [1.165, 1.54) is 30.3 Å². The standard InChI is InChI=1S/C22H12F3NO4S2/c23-22(24,25)14-5-2-6-15(10-14)26-19(27)18(32-21(26)31)11-16-7-8-17(30-16)12-3-1-4-13(9-12)20(28)29/h1-11H,(H,28,29)/b18-11-. The Hall–Kier alpha value is -3.37. The molecule has 0 radical (unpaired) electrons. The van der Waals surface area contributed by atoms with Gasteiger partial charge in [-0.2, -0.15) is 13.2 Å². The highest BCUT2D eigenvalue weighted by Crippen LogP contribution is 2.38. The van der Waals surface area contributed by atoms with E-state index in [2.05, 4.69) is 0 Å². The van der Waals surface area contributed by atoms with Gasteiger partial charge in [0.2, 0.25) is 0 Å². The number of nitrogens with zero attached hydrogens (tertiary/aromatic N) is 1. The summed E-state index contributed by atoms with van der Waals surface area (Å²) < 4.78 is 44.9. The molecule has 5 nitrogen and oxygen atoms in total. The van der Waals surface area contributed by atoms with Crippen molar-refractivity contribution in [2.24, 2.45) is 0 Å². The summed E-state index contributed by atoms with van der Waals surface area (Å²) in [7, 11) is 0. The maximum atomic E-state index is 13.0. The lowest BCUT2D eigenvalue weighted by Gasteiger charge is -2.16. The van der Waals surface area contributed by atoms with Crippen LogP contribution >= 0.6 is 24.0 Å². The number of halogens is 3. The molecule has 1 N–H and O–H groups in total. The van der Waals surface area contributed by atoms with E-state index in [1.807, 2.05) is 0 Å². The van der Waals surface area contributed by atoms with Gasteiger partial charge in [-0.05, 0) is 42.5 Å². The fourth-order valence-corrected chi connectivity index (χ4v) is 4.31. The van der Waals surface area contributed by atoms with Gasteiger partial charge in [0, 0.05) is 11.6 Å². The van der Waals surface area contributed by atoms with Crippen LogP contribution in [0.3, 0.4) is 0 Å². The van der Waals surface area contributed by atoms with Crippen molar-refractivity contribution in [3.05, 3.63) is 82.5 Å². The van der Waals surface area contributed by atoms with Crippen molar-refractivity contribution in [3.63, 3.8) is 0 Å². The summed E-state index contributed by atoms with van der Waals surface area (Å²) in [5.74, 6) is -0.931. The Balaban J connectivity index is 1.61. The van der Waals surface area contributed by atoms with Gasteiger partial charge in [-0.25, -0.2) is 4.79 Å². The molecule has 4 rings (SSSR count). The number of furan rings is 1. The summed E-state index contributed by atoms with van der Waals surface area (Å²) in [6.07, 6.45) is -3.10. The van der Waals surface area contributed by atoms with E-state index in [4.69, 9.17) is 21.7 Å². The van der Waals surface area contributed by atoms with Crippen LogP contribution in [0.4, 0.5) is 18.9 Å². The number of carbonyl (C=O) groups is 2. The molecule has 1 saturated heterocycles. The number of hydrogen-bond acceptors (Lipinski definition) is 5. The molecule has 1 aromatic heterocycles. The van der Waals surface area contributed by atoms with E-state index in [-0.39, 0.29) is 20.5 Å². The molecule has 162 valence electrons. The van der Waals surface area contributed by atoms with Crippen LogP contribution in [0.25, 0.3) is 17.4 Å². The smallest absolute Gasteiger partial charge is 0.416 e. The van der Waals surface area contributed by atoms with Crippen molar-refractivity contribution in [1.82, 2.24) is 0 Å². The Morgan fingerprint density at radius 2 is 1.84 bits per heavy atom. The zero-order valence-corrected chi connectivity index (χ0v) is 17.6. The van der Waals surface area contributed by atoms with E-state index >= 15 is 0 Å². The molecule has 32 heavy (non-hydrogen) atoms. The van der Waals surface area contributed by atoms with Gasteiger partial charge in [-0.15, -0.1) is 0 Å². The van der Waals surface area contributed by atoms with E-state index in [1.54, 1.807) is 24.3 Å². The molecule has 0 atom stereocenters. The summed E-state index contributed by atoms with van der Waals surface area (Å²) in [6, 6.07) is 13.8. The van der Waals surface area contributed by atoms with Crippen LogP contribution in [0, 0.1) is 0 Å². The molecule has 0 spiro atoms. The van der Waals surface area contributed by atoms with E-state index in [0.29, 0.717) is 17.1 Å². The number of carbonyl (C=O) groups excluding carboxylic acids is 1. The number of anilines is 1. The van der Waals surface area contributed by atoms with Gasteiger partial charge in [0.05, 0.1) is 21.7 Å². The van der Waals surface area contributed by atoms with Crippen molar-refractivity contribution < 1.29 is 32.3 Å². The Kier molecular flexibility index (Phi) is 5.66. The minimum absolute atomic E-state index is 0.0244. The first-order valence-electron chi connectivity index (χ1n) is 9.02. The Morgan fingerprint density at radius 1 is 1.09 bits per heavy atom. The number of aromatic carboxylic acids is 1. The number of rotatable bonds is 4. The molecule has 2 aromatic carbocycles. The fourth-order valence-electron chi connectivity index (χ4n) is 3.03. The largest absolute Gasteiger partial charge is 0.478 e. The highest BCUT2D eigenvalue weighted by molar-refractivity contribution is 8.27. The second-order valence-electron chi connectivity index (χ2n) is 6.65. The first kappa shape index (κ1) is 21.8. The number of carboxylic acids is 1. The third-order valence-corrected chi connectivity index (χ3v) is 5.82. The molecule has 1 aliphatic rings. The quantitative estimate of drug-likeness (QED) is 0.365. The number of carboxylic acid groups (broad SMARTS) is 1. The summed E-state index contributed by atoms with van der Waals surface area (Å²) >= 11 is 6.16.